The van der Waals surface area contributed by atoms with Crippen LogP contribution >= 0.6 is 0 Å². The number of benzene rings is 1. The highest BCUT2D eigenvalue weighted by Crippen LogP contribution is 2.30. The maximum Gasteiger partial charge on any atom is 0.252 e. The van der Waals surface area contributed by atoms with Gasteiger partial charge in [-0.25, -0.2) is 0 Å². The summed E-state index contributed by atoms with van der Waals surface area (Å²) in [7, 11) is 0. The molecule has 116 valence electrons. The molecule has 0 heterocycles. The van der Waals surface area contributed by atoms with Crippen molar-refractivity contribution in [3.05, 3.63) is 35.4 Å². The minimum absolute atomic E-state index is 0.0242. The van der Waals surface area contributed by atoms with Crippen molar-refractivity contribution in [3.8, 4) is 0 Å². The molecule has 1 aliphatic rings. The second kappa shape index (κ2) is 6.18. The van der Waals surface area contributed by atoms with Crippen molar-refractivity contribution in [2.45, 2.75) is 63.8 Å². The van der Waals surface area contributed by atoms with E-state index in [-0.39, 0.29) is 17.9 Å². The van der Waals surface area contributed by atoms with E-state index in [0.717, 1.165) is 36.8 Å². The van der Waals surface area contributed by atoms with Crippen molar-refractivity contribution < 1.29 is 9.90 Å². The highest BCUT2D eigenvalue weighted by Gasteiger charge is 2.34. The summed E-state index contributed by atoms with van der Waals surface area (Å²) in [5.41, 5.74) is 1.27. The SMILES string of the molecule is CC(C)(C)c1ccccc1C(=O)NC1(CO)CCCCC1. The Labute approximate surface area is 127 Å². The van der Waals surface area contributed by atoms with Gasteiger partial charge in [-0.05, 0) is 29.9 Å². The Morgan fingerprint density at radius 1 is 1.19 bits per heavy atom. The zero-order valence-electron chi connectivity index (χ0n) is 13.4. The third-order valence-electron chi connectivity index (χ3n) is 4.47. The van der Waals surface area contributed by atoms with Crippen molar-refractivity contribution in [2.75, 3.05) is 6.61 Å². The number of aliphatic hydroxyl groups excluding tert-OH is 1. The monoisotopic (exact) mass is 289 g/mol. The molecule has 0 saturated heterocycles. The Kier molecular flexibility index (Phi) is 4.72. The van der Waals surface area contributed by atoms with Crippen molar-refractivity contribution in [1.29, 1.82) is 0 Å². The molecule has 1 fully saturated rings. The first-order chi connectivity index (χ1) is 9.88. The maximum atomic E-state index is 12.7. The Bertz CT molecular complexity index is 496. The van der Waals surface area contributed by atoms with Crippen LogP contribution in [-0.2, 0) is 5.41 Å². The summed E-state index contributed by atoms with van der Waals surface area (Å²) < 4.78 is 0. The maximum absolute atomic E-state index is 12.7. The third-order valence-corrected chi connectivity index (χ3v) is 4.47. The second-order valence-corrected chi connectivity index (χ2v) is 7.25. The fraction of sp³-hybridized carbons (Fsp3) is 0.611. The van der Waals surface area contributed by atoms with Crippen LogP contribution in [0.1, 0.15) is 68.8 Å². The van der Waals surface area contributed by atoms with Gasteiger partial charge in [0.2, 0.25) is 0 Å². The number of carbonyl (C=O) groups excluding carboxylic acids is 1. The number of nitrogens with one attached hydrogen (secondary N) is 1. The topological polar surface area (TPSA) is 49.3 Å². The number of aliphatic hydroxyl groups is 1. The fourth-order valence-corrected chi connectivity index (χ4v) is 3.19. The van der Waals surface area contributed by atoms with E-state index in [1.54, 1.807) is 0 Å². The number of carbonyl (C=O) groups is 1. The van der Waals surface area contributed by atoms with Gasteiger partial charge in [0.15, 0.2) is 0 Å². The lowest BCUT2D eigenvalue weighted by atomic mass is 9.80. The molecular weight excluding hydrogens is 262 g/mol. The first-order valence-corrected chi connectivity index (χ1v) is 7.91. The molecule has 0 spiro atoms. The van der Waals surface area contributed by atoms with Gasteiger partial charge in [-0.1, -0.05) is 58.2 Å². The van der Waals surface area contributed by atoms with Gasteiger partial charge in [-0.3, -0.25) is 4.79 Å². The van der Waals surface area contributed by atoms with E-state index in [4.69, 9.17) is 0 Å². The van der Waals surface area contributed by atoms with Crippen LogP contribution in [-0.4, -0.2) is 23.2 Å². The van der Waals surface area contributed by atoms with Gasteiger partial charge in [0.05, 0.1) is 12.1 Å². The molecule has 2 rings (SSSR count). The largest absolute Gasteiger partial charge is 0.394 e. The molecule has 0 radical (unpaired) electrons. The minimum Gasteiger partial charge on any atom is -0.394 e. The molecule has 0 unspecified atom stereocenters. The molecule has 1 amide bonds. The molecule has 1 aromatic carbocycles. The zero-order valence-corrected chi connectivity index (χ0v) is 13.4. The molecule has 0 aromatic heterocycles. The first-order valence-electron chi connectivity index (χ1n) is 7.91. The lowest BCUT2D eigenvalue weighted by Gasteiger charge is -2.37. The summed E-state index contributed by atoms with van der Waals surface area (Å²) in [5, 5.41) is 12.9. The molecule has 1 aliphatic carbocycles. The highest BCUT2D eigenvalue weighted by molar-refractivity contribution is 5.96. The molecule has 1 aromatic rings. The summed E-state index contributed by atoms with van der Waals surface area (Å²) in [6.07, 6.45) is 5.07. The normalized spacial score (nSPS) is 18.3. The molecule has 0 atom stereocenters. The number of rotatable bonds is 3. The summed E-state index contributed by atoms with van der Waals surface area (Å²) in [6.45, 7) is 6.36. The Balaban J connectivity index is 2.24. The van der Waals surface area contributed by atoms with Gasteiger partial charge < -0.3 is 10.4 Å². The van der Waals surface area contributed by atoms with E-state index in [0.29, 0.717) is 0 Å². The molecule has 2 N–H and O–H groups in total. The van der Waals surface area contributed by atoms with Crippen LogP contribution < -0.4 is 5.32 Å². The summed E-state index contributed by atoms with van der Waals surface area (Å²) in [5.74, 6) is -0.0588. The predicted octanol–water partition coefficient (Wildman–Crippen LogP) is 3.41. The summed E-state index contributed by atoms with van der Waals surface area (Å²) in [4.78, 5) is 12.7. The van der Waals surface area contributed by atoms with Crippen molar-refractivity contribution >= 4 is 5.91 Å². The van der Waals surface area contributed by atoms with Crippen LogP contribution in [0.3, 0.4) is 0 Å². The molecular formula is C18H27NO2. The van der Waals surface area contributed by atoms with Gasteiger partial charge in [-0.15, -0.1) is 0 Å². The lowest BCUT2D eigenvalue weighted by molar-refractivity contribution is 0.0756. The minimum atomic E-state index is -0.430. The Morgan fingerprint density at radius 2 is 1.81 bits per heavy atom. The molecule has 0 bridgehead atoms. The average molecular weight is 289 g/mol. The summed E-state index contributed by atoms with van der Waals surface area (Å²) in [6, 6.07) is 7.77. The van der Waals surface area contributed by atoms with Crippen molar-refractivity contribution in [3.63, 3.8) is 0 Å². The fourth-order valence-electron chi connectivity index (χ4n) is 3.19. The molecule has 3 nitrogen and oxygen atoms in total. The zero-order chi connectivity index (χ0) is 15.5. The molecule has 1 saturated carbocycles. The van der Waals surface area contributed by atoms with Gasteiger partial charge in [0.1, 0.15) is 0 Å². The van der Waals surface area contributed by atoms with Crippen LogP contribution in [0.2, 0.25) is 0 Å². The highest BCUT2D eigenvalue weighted by atomic mass is 16.3. The van der Waals surface area contributed by atoms with Gasteiger partial charge >= 0.3 is 0 Å². The molecule has 3 heteroatoms. The number of hydrogen-bond donors (Lipinski definition) is 2. The third kappa shape index (κ3) is 3.65. The second-order valence-electron chi connectivity index (χ2n) is 7.25. The van der Waals surface area contributed by atoms with Crippen LogP contribution in [0.5, 0.6) is 0 Å². The number of hydrogen-bond acceptors (Lipinski definition) is 2. The first kappa shape index (κ1) is 16.0. The number of amides is 1. The molecule has 21 heavy (non-hydrogen) atoms. The van der Waals surface area contributed by atoms with E-state index >= 15 is 0 Å². The summed E-state index contributed by atoms with van der Waals surface area (Å²) >= 11 is 0. The smallest absolute Gasteiger partial charge is 0.252 e. The van der Waals surface area contributed by atoms with Gasteiger partial charge in [-0.2, -0.15) is 0 Å². The van der Waals surface area contributed by atoms with Crippen LogP contribution in [0.25, 0.3) is 0 Å². The Hall–Kier alpha value is -1.35. The average Bonchev–Trinajstić information content (AvgIpc) is 2.47. The van der Waals surface area contributed by atoms with Crippen molar-refractivity contribution in [1.82, 2.24) is 5.32 Å². The van der Waals surface area contributed by atoms with E-state index in [1.165, 1.54) is 6.42 Å². The molecule has 0 aliphatic heterocycles. The van der Waals surface area contributed by atoms with E-state index in [1.807, 2.05) is 24.3 Å². The van der Waals surface area contributed by atoms with Crippen LogP contribution in [0.4, 0.5) is 0 Å². The van der Waals surface area contributed by atoms with Gasteiger partial charge in [0, 0.05) is 5.56 Å². The van der Waals surface area contributed by atoms with Crippen molar-refractivity contribution in [2.24, 2.45) is 0 Å². The lowest BCUT2D eigenvalue weighted by Crippen LogP contribution is -2.52. The van der Waals surface area contributed by atoms with Gasteiger partial charge in [0.25, 0.3) is 5.91 Å². The van der Waals surface area contributed by atoms with E-state index in [9.17, 15) is 9.90 Å². The Morgan fingerprint density at radius 3 is 2.38 bits per heavy atom. The van der Waals surface area contributed by atoms with E-state index < -0.39 is 5.54 Å². The predicted molar refractivity (Wildman–Crippen MR) is 85.5 cm³/mol. The standard InChI is InChI=1S/C18H27NO2/c1-17(2,3)15-10-6-5-9-14(15)16(21)19-18(13-20)11-7-4-8-12-18/h5-6,9-10,20H,4,7-8,11-13H2,1-3H3,(H,19,21). The quantitative estimate of drug-likeness (QED) is 0.896. The van der Waals surface area contributed by atoms with Crippen LogP contribution in [0, 0.1) is 0 Å². The van der Waals surface area contributed by atoms with Crippen LogP contribution in [0.15, 0.2) is 24.3 Å². The van der Waals surface area contributed by atoms with E-state index in [2.05, 4.69) is 26.1 Å².